The van der Waals surface area contributed by atoms with Crippen LogP contribution in [0.5, 0.6) is 5.75 Å². The lowest BCUT2D eigenvalue weighted by molar-refractivity contribution is -0.137. The molecule has 2 aromatic carbocycles. The summed E-state index contributed by atoms with van der Waals surface area (Å²) in [6.07, 6.45) is 0.475. The molecule has 1 heterocycles. The van der Waals surface area contributed by atoms with Crippen molar-refractivity contribution in [1.29, 1.82) is 0 Å². The molecule has 1 aliphatic heterocycles. The van der Waals surface area contributed by atoms with E-state index in [-0.39, 0.29) is 5.69 Å². The average Bonchev–Trinajstić information content (AvgIpc) is 2.74. The quantitative estimate of drug-likeness (QED) is 0.548. The zero-order valence-electron chi connectivity index (χ0n) is 17.1. The summed E-state index contributed by atoms with van der Waals surface area (Å²) < 4.78 is 45.4. The second-order valence-corrected chi connectivity index (χ2v) is 7.46. The predicted octanol–water partition coefficient (Wildman–Crippen LogP) is 6.13. The van der Waals surface area contributed by atoms with E-state index >= 15 is 0 Å². The van der Waals surface area contributed by atoms with Crippen molar-refractivity contribution in [3.63, 3.8) is 0 Å². The highest BCUT2D eigenvalue weighted by Crippen LogP contribution is 2.36. The Morgan fingerprint density at radius 2 is 1.87 bits per heavy atom. The van der Waals surface area contributed by atoms with Crippen molar-refractivity contribution in [2.24, 2.45) is 0 Å². The topological polar surface area (TPSA) is 41.6 Å². The van der Waals surface area contributed by atoms with Gasteiger partial charge in [0.15, 0.2) is 0 Å². The highest BCUT2D eigenvalue weighted by Gasteiger charge is 2.32. The van der Waals surface area contributed by atoms with Gasteiger partial charge >= 0.3 is 6.18 Å². The van der Waals surface area contributed by atoms with Crippen molar-refractivity contribution in [3.8, 4) is 5.75 Å². The molecule has 30 heavy (non-hydrogen) atoms. The highest BCUT2D eigenvalue weighted by atomic mass is 19.4. The Kier molecular flexibility index (Phi) is 7.24. The maximum atomic E-state index is 13.3. The molecule has 1 fully saturated rings. The SMILES string of the molecule is CCCCOc1cccc(C(=O)Nc2cc(C(F)(F)F)ccc2N2CCCCC2)c1. The molecule has 0 atom stereocenters. The molecule has 2 aromatic rings. The number of halogens is 3. The second-order valence-electron chi connectivity index (χ2n) is 7.46. The summed E-state index contributed by atoms with van der Waals surface area (Å²) in [5.41, 5.74) is 0.349. The van der Waals surface area contributed by atoms with Crippen LogP contribution in [0.3, 0.4) is 0 Å². The largest absolute Gasteiger partial charge is 0.494 e. The summed E-state index contributed by atoms with van der Waals surface area (Å²) in [6.45, 7) is 4.13. The maximum Gasteiger partial charge on any atom is 0.416 e. The number of rotatable bonds is 7. The van der Waals surface area contributed by atoms with Gasteiger partial charge in [0.05, 0.1) is 23.5 Å². The Morgan fingerprint density at radius 1 is 1.10 bits per heavy atom. The number of piperidine rings is 1. The molecule has 1 amide bonds. The molecular formula is C23H27F3N2O2. The van der Waals surface area contributed by atoms with E-state index in [1.165, 1.54) is 6.07 Å². The van der Waals surface area contributed by atoms with Crippen molar-refractivity contribution in [2.45, 2.75) is 45.2 Å². The lowest BCUT2D eigenvalue weighted by Gasteiger charge is -2.31. The van der Waals surface area contributed by atoms with Gasteiger partial charge in [-0.3, -0.25) is 4.79 Å². The number of alkyl halides is 3. The minimum Gasteiger partial charge on any atom is -0.494 e. The predicted molar refractivity (Wildman–Crippen MR) is 112 cm³/mol. The van der Waals surface area contributed by atoms with E-state index in [9.17, 15) is 18.0 Å². The van der Waals surface area contributed by atoms with Crippen LogP contribution in [0.1, 0.15) is 54.9 Å². The number of ether oxygens (including phenoxy) is 1. The van der Waals surface area contributed by atoms with E-state index in [2.05, 4.69) is 12.2 Å². The van der Waals surface area contributed by atoms with Crippen LogP contribution in [-0.2, 0) is 6.18 Å². The first-order valence-electron chi connectivity index (χ1n) is 10.4. The standard InChI is InChI=1S/C23H27F3N2O2/c1-2-3-14-30-19-9-7-8-17(15-19)22(29)27-20-16-18(23(24,25)26)10-11-21(20)28-12-5-4-6-13-28/h7-11,15-16H,2-6,12-14H2,1H3,(H,27,29). The first-order chi connectivity index (χ1) is 14.4. The van der Waals surface area contributed by atoms with Crippen molar-refractivity contribution in [2.75, 3.05) is 29.9 Å². The summed E-state index contributed by atoms with van der Waals surface area (Å²) in [5.74, 6) is 0.102. The zero-order chi connectivity index (χ0) is 21.6. The van der Waals surface area contributed by atoms with Gasteiger partial charge in [-0.05, 0) is 62.1 Å². The van der Waals surface area contributed by atoms with Gasteiger partial charge in [0.2, 0.25) is 0 Å². The fourth-order valence-corrected chi connectivity index (χ4v) is 3.48. The van der Waals surface area contributed by atoms with Gasteiger partial charge < -0.3 is 15.0 Å². The third-order valence-corrected chi connectivity index (χ3v) is 5.13. The van der Waals surface area contributed by atoms with Crippen LogP contribution in [0.2, 0.25) is 0 Å². The van der Waals surface area contributed by atoms with Gasteiger partial charge in [-0.1, -0.05) is 19.4 Å². The fraction of sp³-hybridized carbons (Fsp3) is 0.435. The molecule has 1 saturated heterocycles. The van der Waals surface area contributed by atoms with E-state index in [0.717, 1.165) is 57.3 Å². The van der Waals surface area contributed by atoms with Crippen LogP contribution >= 0.6 is 0 Å². The number of benzene rings is 2. The number of hydrogen-bond acceptors (Lipinski definition) is 3. The smallest absolute Gasteiger partial charge is 0.416 e. The molecule has 0 spiro atoms. The van der Waals surface area contributed by atoms with Crippen LogP contribution < -0.4 is 15.0 Å². The number of unbranched alkanes of at least 4 members (excludes halogenated alkanes) is 1. The van der Waals surface area contributed by atoms with Crippen molar-refractivity contribution < 1.29 is 22.7 Å². The van der Waals surface area contributed by atoms with Gasteiger partial charge in [0.25, 0.3) is 5.91 Å². The Balaban J connectivity index is 1.84. The Labute approximate surface area is 175 Å². The highest BCUT2D eigenvalue weighted by molar-refractivity contribution is 6.06. The minimum absolute atomic E-state index is 0.175. The summed E-state index contributed by atoms with van der Waals surface area (Å²) in [7, 11) is 0. The summed E-state index contributed by atoms with van der Waals surface area (Å²) in [5, 5.41) is 2.69. The lowest BCUT2D eigenvalue weighted by Crippen LogP contribution is -2.30. The molecule has 0 aliphatic carbocycles. The first kappa shape index (κ1) is 22.0. The van der Waals surface area contributed by atoms with Gasteiger partial charge in [-0.25, -0.2) is 0 Å². The average molecular weight is 420 g/mol. The Morgan fingerprint density at radius 3 is 2.57 bits per heavy atom. The molecule has 1 N–H and O–H groups in total. The molecule has 1 aliphatic rings. The van der Waals surface area contributed by atoms with Gasteiger partial charge in [-0.15, -0.1) is 0 Å². The van der Waals surface area contributed by atoms with Crippen LogP contribution in [0.4, 0.5) is 24.5 Å². The van der Waals surface area contributed by atoms with Gasteiger partial charge in [0, 0.05) is 18.7 Å². The summed E-state index contributed by atoms with van der Waals surface area (Å²) in [4.78, 5) is 14.9. The third-order valence-electron chi connectivity index (χ3n) is 5.13. The molecule has 162 valence electrons. The van der Waals surface area contributed by atoms with Crippen LogP contribution in [-0.4, -0.2) is 25.6 Å². The lowest BCUT2D eigenvalue weighted by atomic mass is 10.1. The molecule has 0 aromatic heterocycles. The number of carbonyl (C=O) groups is 1. The summed E-state index contributed by atoms with van der Waals surface area (Å²) in [6, 6.07) is 10.2. The third kappa shape index (κ3) is 5.68. The Hall–Kier alpha value is -2.70. The van der Waals surface area contributed by atoms with E-state index in [1.807, 2.05) is 4.90 Å². The fourth-order valence-electron chi connectivity index (χ4n) is 3.48. The minimum atomic E-state index is -4.48. The summed E-state index contributed by atoms with van der Waals surface area (Å²) >= 11 is 0. The zero-order valence-corrected chi connectivity index (χ0v) is 17.1. The van der Waals surface area contributed by atoms with E-state index in [0.29, 0.717) is 23.6 Å². The normalized spacial score (nSPS) is 14.5. The van der Waals surface area contributed by atoms with Crippen molar-refractivity contribution in [3.05, 3.63) is 53.6 Å². The molecule has 0 radical (unpaired) electrons. The number of carbonyl (C=O) groups excluding carboxylic acids is 1. The number of hydrogen-bond donors (Lipinski definition) is 1. The molecular weight excluding hydrogens is 393 g/mol. The van der Waals surface area contributed by atoms with Crippen LogP contribution in [0.15, 0.2) is 42.5 Å². The number of nitrogens with one attached hydrogen (secondary N) is 1. The van der Waals surface area contributed by atoms with Gasteiger partial charge in [-0.2, -0.15) is 13.2 Å². The van der Waals surface area contributed by atoms with Crippen LogP contribution in [0.25, 0.3) is 0 Å². The van der Waals surface area contributed by atoms with Crippen molar-refractivity contribution in [1.82, 2.24) is 0 Å². The molecule has 0 saturated carbocycles. The number of amides is 1. The van der Waals surface area contributed by atoms with Crippen LogP contribution in [0, 0.1) is 0 Å². The van der Waals surface area contributed by atoms with E-state index in [4.69, 9.17) is 4.74 Å². The molecule has 7 heteroatoms. The monoisotopic (exact) mass is 420 g/mol. The molecule has 3 rings (SSSR count). The Bertz CT molecular complexity index is 862. The molecule has 4 nitrogen and oxygen atoms in total. The number of nitrogens with zero attached hydrogens (tertiary/aromatic N) is 1. The number of anilines is 2. The molecule has 0 bridgehead atoms. The second kappa shape index (κ2) is 9.87. The maximum absolute atomic E-state index is 13.3. The molecule has 0 unspecified atom stereocenters. The van der Waals surface area contributed by atoms with E-state index in [1.54, 1.807) is 24.3 Å². The van der Waals surface area contributed by atoms with Crippen molar-refractivity contribution >= 4 is 17.3 Å². The first-order valence-corrected chi connectivity index (χ1v) is 10.4. The van der Waals surface area contributed by atoms with Gasteiger partial charge in [0.1, 0.15) is 5.75 Å². The van der Waals surface area contributed by atoms with E-state index < -0.39 is 17.6 Å².